The first-order valence-corrected chi connectivity index (χ1v) is 6.32. The van der Waals surface area contributed by atoms with Crippen LogP contribution in [0.15, 0.2) is 24.3 Å². The van der Waals surface area contributed by atoms with Crippen molar-refractivity contribution in [1.82, 2.24) is 5.43 Å². The minimum atomic E-state index is -0.159. The zero-order valence-electron chi connectivity index (χ0n) is 11.1. The van der Waals surface area contributed by atoms with Gasteiger partial charge in [-0.05, 0) is 37.5 Å². The number of ether oxygens (including phenoxy) is 1. The molecule has 0 aromatic heterocycles. The number of unbranched alkanes of at least 4 members (excludes halogenated alkanes) is 1. The molecule has 0 radical (unpaired) electrons. The second-order valence-electron chi connectivity index (χ2n) is 4.40. The van der Waals surface area contributed by atoms with Crippen LogP contribution in [-0.2, 0) is 16.0 Å². The predicted molar refractivity (Wildman–Crippen MR) is 72.5 cm³/mol. The van der Waals surface area contributed by atoms with Crippen LogP contribution < -0.4 is 16.0 Å². The van der Waals surface area contributed by atoms with Gasteiger partial charge in [0, 0.05) is 12.8 Å². The van der Waals surface area contributed by atoms with E-state index in [0.29, 0.717) is 19.4 Å². The van der Waals surface area contributed by atoms with Crippen molar-refractivity contribution in [2.24, 2.45) is 5.84 Å². The molecule has 1 rings (SSSR count). The van der Waals surface area contributed by atoms with Gasteiger partial charge in [-0.3, -0.25) is 15.0 Å². The zero-order valence-corrected chi connectivity index (χ0v) is 11.1. The van der Waals surface area contributed by atoms with Crippen LogP contribution in [0.4, 0.5) is 0 Å². The van der Waals surface area contributed by atoms with E-state index < -0.39 is 0 Å². The Balaban J connectivity index is 2.22. The van der Waals surface area contributed by atoms with Crippen LogP contribution in [0.2, 0.25) is 0 Å². The van der Waals surface area contributed by atoms with Gasteiger partial charge in [-0.25, -0.2) is 5.84 Å². The van der Waals surface area contributed by atoms with Crippen LogP contribution in [0.1, 0.15) is 31.7 Å². The third kappa shape index (κ3) is 6.57. The highest BCUT2D eigenvalue weighted by molar-refractivity contribution is 5.78. The molecule has 0 spiro atoms. The molecule has 0 aliphatic carbocycles. The lowest BCUT2D eigenvalue weighted by atomic mass is 10.1. The summed E-state index contributed by atoms with van der Waals surface area (Å²) in [4.78, 5) is 21.8. The number of nitrogens with one attached hydrogen (secondary N) is 1. The quantitative estimate of drug-likeness (QED) is 0.321. The number of ketones is 1. The molecule has 0 bridgehead atoms. The Hall–Kier alpha value is -1.88. The van der Waals surface area contributed by atoms with E-state index in [1.807, 2.05) is 24.3 Å². The highest BCUT2D eigenvalue weighted by Gasteiger charge is 2.00. The number of rotatable bonds is 8. The lowest BCUT2D eigenvalue weighted by Gasteiger charge is -2.06. The lowest BCUT2D eigenvalue weighted by molar-refractivity contribution is -0.121. The van der Waals surface area contributed by atoms with Gasteiger partial charge in [-0.2, -0.15) is 0 Å². The number of benzene rings is 1. The Morgan fingerprint density at radius 2 is 1.89 bits per heavy atom. The molecule has 0 heterocycles. The monoisotopic (exact) mass is 264 g/mol. The van der Waals surface area contributed by atoms with Gasteiger partial charge in [-0.1, -0.05) is 12.1 Å². The maximum atomic E-state index is 10.9. The van der Waals surface area contributed by atoms with E-state index in [1.54, 1.807) is 6.92 Å². The summed E-state index contributed by atoms with van der Waals surface area (Å²) >= 11 is 0. The average Bonchev–Trinajstić information content (AvgIpc) is 2.39. The van der Waals surface area contributed by atoms with E-state index >= 15 is 0 Å². The second kappa shape index (κ2) is 8.26. The van der Waals surface area contributed by atoms with E-state index in [-0.39, 0.29) is 11.7 Å². The third-order valence-corrected chi connectivity index (χ3v) is 2.60. The number of carbonyl (C=O) groups excluding carboxylic acids is 2. The number of hydrazine groups is 1. The summed E-state index contributed by atoms with van der Waals surface area (Å²) in [6.07, 6.45) is 2.40. The Bertz CT molecular complexity index is 415. The van der Waals surface area contributed by atoms with Crippen LogP contribution >= 0.6 is 0 Å². The molecule has 0 aliphatic rings. The maximum absolute atomic E-state index is 10.9. The fourth-order valence-corrected chi connectivity index (χ4v) is 1.64. The number of Topliss-reactive ketones (excluding diaryl/α,β-unsaturated/α-hetero) is 1. The Labute approximate surface area is 113 Å². The van der Waals surface area contributed by atoms with Crippen molar-refractivity contribution >= 4 is 11.7 Å². The molecule has 1 amide bonds. The van der Waals surface area contributed by atoms with E-state index in [0.717, 1.165) is 24.2 Å². The van der Waals surface area contributed by atoms with E-state index in [4.69, 9.17) is 10.6 Å². The smallest absolute Gasteiger partial charge is 0.233 e. The van der Waals surface area contributed by atoms with Crippen molar-refractivity contribution in [1.29, 1.82) is 0 Å². The summed E-state index contributed by atoms with van der Waals surface area (Å²) in [5.74, 6) is 5.73. The molecule has 3 N–H and O–H groups in total. The van der Waals surface area contributed by atoms with Crippen LogP contribution in [0.3, 0.4) is 0 Å². The SMILES string of the molecule is CC(=O)Cc1ccc(OCCCCC(=O)NN)cc1. The number of nitrogens with two attached hydrogens (primary N) is 1. The fourth-order valence-electron chi connectivity index (χ4n) is 1.64. The molecular weight excluding hydrogens is 244 g/mol. The predicted octanol–water partition coefficient (Wildman–Crippen LogP) is 1.36. The number of hydrogen-bond donors (Lipinski definition) is 2. The molecule has 0 saturated heterocycles. The average molecular weight is 264 g/mol. The minimum Gasteiger partial charge on any atom is -0.494 e. The molecular formula is C14H20N2O3. The molecule has 1 aromatic carbocycles. The summed E-state index contributed by atoms with van der Waals surface area (Å²) in [6.45, 7) is 2.13. The van der Waals surface area contributed by atoms with Crippen LogP contribution in [0.25, 0.3) is 0 Å². The topological polar surface area (TPSA) is 81.4 Å². The van der Waals surface area contributed by atoms with Gasteiger partial charge >= 0.3 is 0 Å². The summed E-state index contributed by atoms with van der Waals surface area (Å²) in [7, 11) is 0. The van der Waals surface area contributed by atoms with Gasteiger partial charge in [0.05, 0.1) is 6.61 Å². The maximum Gasteiger partial charge on any atom is 0.233 e. The molecule has 0 aliphatic heterocycles. The van der Waals surface area contributed by atoms with E-state index in [1.165, 1.54) is 0 Å². The Morgan fingerprint density at radius 3 is 2.47 bits per heavy atom. The number of carbonyl (C=O) groups is 2. The summed E-state index contributed by atoms with van der Waals surface area (Å²) in [5.41, 5.74) is 3.07. The fraction of sp³-hybridized carbons (Fsp3) is 0.429. The van der Waals surface area contributed by atoms with Crippen molar-refractivity contribution < 1.29 is 14.3 Å². The van der Waals surface area contributed by atoms with E-state index in [9.17, 15) is 9.59 Å². The van der Waals surface area contributed by atoms with Crippen molar-refractivity contribution in [3.8, 4) is 5.75 Å². The van der Waals surface area contributed by atoms with Crippen molar-refractivity contribution in [3.63, 3.8) is 0 Å². The van der Waals surface area contributed by atoms with Gasteiger partial charge in [0.15, 0.2) is 0 Å². The Morgan fingerprint density at radius 1 is 1.21 bits per heavy atom. The molecule has 5 heteroatoms. The first-order valence-electron chi connectivity index (χ1n) is 6.32. The van der Waals surface area contributed by atoms with Crippen LogP contribution in [-0.4, -0.2) is 18.3 Å². The summed E-state index contributed by atoms with van der Waals surface area (Å²) in [6, 6.07) is 7.48. The van der Waals surface area contributed by atoms with Crippen LogP contribution in [0.5, 0.6) is 5.75 Å². The molecule has 0 fully saturated rings. The second-order valence-corrected chi connectivity index (χ2v) is 4.40. The molecule has 19 heavy (non-hydrogen) atoms. The van der Waals surface area contributed by atoms with Gasteiger partial charge in [0.1, 0.15) is 11.5 Å². The standard InChI is InChI=1S/C14H20N2O3/c1-11(17)10-12-5-7-13(8-6-12)19-9-3-2-4-14(18)16-15/h5-8H,2-4,9-10,15H2,1H3,(H,16,18). The van der Waals surface area contributed by atoms with Crippen molar-refractivity contribution in [2.75, 3.05) is 6.61 Å². The largest absolute Gasteiger partial charge is 0.494 e. The zero-order chi connectivity index (χ0) is 14.1. The summed E-state index contributed by atoms with van der Waals surface area (Å²) < 4.78 is 5.53. The molecule has 0 saturated carbocycles. The van der Waals surface area contributed by atoms with E-state index in [2.05, 4.69) is 5.43 Å². The molecule has 5 nitrogen and oxygen atoms in total. The highest BCUT2D eigenvalue weighted by atomic mass is 16.5. The number of amides is 1. The Kier molecular flexibility index (Phi) is 6.60. The number of hydrogen-bond acceptors (Lipinski definition) is 4. The van der Waals surface area contributed by atoms with Gasteiger partial charge in [-0.15, -0.1) is 0 Å². The molecule has 0 atom stereocenters. The summed E-state index contributed by atoms with van der Waals surface area (Å²) in [5, 5.41) is 0. The molecule has 0 unspecified atom stereocenters. The molecule has 1 aromatic rings. The minimum absolute atomic E-state index is 0.145. The van der Waals surface area contributed by atoms with Crippen molar-refractivity contribution in [3.05, 3.63) is 29.8 Å². The first kappa shape index (κ1) is 15.2. The first-order chi connectivity index (χ1) is 9.11. The normalized spacial score (nSPS) is 10.0. The van der Waals surface area contributed by atoms with Crippen molar-refractivity contribution in [2.45, 2.75) is 32.6 Å². The lowest BCUT2D eigenvalue weighted by Crippen LogP contribution is -2.29. The highest BCUT2D eigenvalue weighted by Crippen LogP contribution is 2.13. The van der Waals surface area contributed by atoms with Crippen LogP contribution in [0, 0.1) is 0 Å². The molecule has 104 valence electrons. The van der Waals surface area contributed by atoms with Gasteiger partial charge < -0.3 is 4.74 Å². The van der Waals surface area contributed by atoms with Gasteiger partial charge in [0.2, 0.25) is 5.91 Å². The third-order valence-electron chi connectivity index (χ3n) is 2.60. The van der Waals surface area contributed by atoms with Gasteiger partial charge in [0.25, 0.3) is 0 Å².